The molecule has 0 heterocycles. The quantitative estimate of drug-likeness (QED) is 0.837. The lowest BCUT2D eigenvalue weighted by Crippen LogP contribution is -2.35. The van der Waals surface area contributed by atoms with Crippen LogP contribution in [0.3, 0.4) is 0 Å². The lowest BCUT2D eigenvalue weighted by atomic mass is 9.88. The molecule has 1 atom stereocenters. The van der Waals surface area contributed by atoms with Gasteiger partial charge < -0.3 is 10.6 Å². The molecule has 6 heteroatoms. The van der Waals surface area contributed by atoms with Gasteiger partial charge in [-0.05, 0) is 42.5 Å². The zero-order valence-electron chi connectivity index (χ0n) is 12.9. The predicted octanol–water partition coefficient (Wildman–Crippen LogP) is 3.71. The molecule has 1 aliphatic carbocycles. The van der Waals surface area contributed by atoms with Crippen LogP contribution >= 0.6 is 0 Å². The van der Waals surface area contributed by atoms with Gasteiger partial charge in [-0.25, -0.2) is 13.2 Å². The van der Waals surface area contributed by atoms with Gasteiger partial charge >= 0.3 is 0 Å². The van der Waals surface area contributed by atoms with Gasteiger partial charge in [-0.2, -0.15) is 0 Å². The Morgan fingerprint density at radius 3 is 2.71 bits per heavy atom. The van der Waals surface area contributed by atoms with Gasteiger partial charge in [0.2, 0.25) is 5.91 Å². The van der Waals surface area contributed by atoms with E-state index in [1.54, 1.807) is 0 Å². The number of fused-ring (bicyclic) bond motifs is 1. The highest BCUT2D eigenvalue weighted by atomic mass is 19.2. The highest BCUT2D eigenvalue weighted by molar-refractivity contribution is 5.81. The molecule has 0 fully saturated rings. The molecule has 0 unspecified atom stereocenters. The zero-order valence-corrected chi connectivity index (χ0v) is 12.9. The smallest absolute Gasteiger partial charge is 0.239 e. The van der Waals surface area contributed by atoms with Crippen molar-refractivity contribution in [3.8, 4) is 0 Å². The van der Waals surface area contributed by atoms with Crippen molar-refractivity contribution < 1.29 is 18.0 Å². The first kappa shape index (κ1) is 16.4. The number of aryl methyl sites for hydroxylation is 1. The molecule has 1 aliphatic rings. The first-order valence-electron chi connectivity index (χ1n) is 7.81. The predicted molar refractivity (Wildman–Crippen MR) is 85.1 cm³/mol. The molecule has 24 heavy (non-hydrogen) atoms. The molecule has 0 aromatic heterocycles. The fourth-order valence-corrected chi connectivity index (χ4v) is 2.99. The van der Waals surface area contributed by atoms with Crippen LogP contribution in [0.5, 0.6) is 0 Å². The largest absolute Gasteiger partial charge is 0.374 e. The molecule has 0 aliphatic heterocycles. The molecular weight excluding hydrogens is 317 g/mol. The summed E-state index contributed by atoms with van der Waals surface area (Å²) in [6, 6.07) is 9.73. The molecule has 0 saturated carbocycles. The van der Waals surface area contributed by atoms with Gasteiger partial charge in [0.05, 0.1) is 18.3 Å². The Morgan fingerprint density at radius 2 is 1.88 bits per heavy atom. The minimum absolute atomic E-state index is 0.0842. The third-order valence-electron chi connectivity index (χ3n) is 4.18. The number of halogens is 3. The van der Waals surface area contributed by atoms with E-state index < -0.39 is 17.5 Å². The number of anilines is 1. The third kappa shape index (κ3) is 3.37. The van der Waals surface area contributed by atoms with E-state index in [0.29, 0.717) is 0 Å². The molecule has 2 aromatic rings. The summed E-state index contributed by atoms with van der Waals surface area (Å²) >= 11 is 0. The van der Waals surface area contributed by atoms with E-state index in [4.69, 9.17) is 0 Å². The second-order valence-electron chi connectivity index (χ2n) is 5.79. The van der Waals surface area contributed by atoms with Crippen LogP contribution in [0.25, 0.3) is 0 Å². The molecule has 0 radical (unpaired) electrons. The zero-order chi connectivity index (χ0) is 17.1. The van der Waals surface area contributed by atoms with Crippen LogP contribution in [0.4, 0.5) is 18.9 Å². The molecule has 0 spiro atoms. The summed E-state index contributed by atoms with van der Waals surface area (Å²) in [5.74, 6) is -4.48. The molecular formula is C18H17F3N2O. The Balaban J connectivity index is 1.62. The Kier molecular flexibility index (Phi) is 4.74. The van der Waals surface area contributed by atoms with Crippen molar-refractivity contribution >= 4 is 11.6 Å². The molecule has 3 rings (SSSR count). The van der Waals surface area contributed by atoms with Crippen molar-refractivity contribution in [2.24, 2.45) is 0 Å². The van der Waals surface area contributed by atoms with Crippen molar-refractivity contribution in [2.75, 3.05) is 11.9 Å². The molecule has 3 nitrogen and oxygen atoms in total. The second-order valence-corrected chi connectivity index (χ2v) is 5.79. The number of rotatable bonds is 4. The van der Waals surface area contributed by atoms with E-state index in [2.05, 4.69) is 10.6 Å². The van der Waals surface area contributed by atoms with E-state index in [-0.39, 0.29) is 24.2 Å². The molecule has 0 saturated heterocycles. The van der Waals surface area contributed by atoms with Crippen LogP contribution in [-0.2, 0) is 11.2 Å². The average molecular weight is 334 g/mol. The van der Waals surface area contributed by atoms with Gasteiger partial charge in [0, 0.05) is 0 Å². The van der Waals surface area contributed by atoms with E-state index in [9.17, 15) is 18.0 Å². The monoisotopic (exact) mass is 334 g/mol. The fraction of sp³-hybridized carbons (Fsp3) is 0.278. The molecule has 2 N–H and O–H groups in total. The number of hydrogen-bond acceptors (Lipinski definition) is 2. The maximum Gasteiger partial charge on any atom is 0.239 e. The standard InChI is InChI=1S/C18H17F3N2O/c19-13-8-9-15(18(21)17(13)20)22-10-16(24)23-14-7-3-5-11-4-1-2-6-12(11)14/h1-2,4,6,8-9,14,22H,3,5,7,10H2,(H,23,24)/t14-/m0/s1. The van der Waals surface area contributed by atoms with Gasteiger partial charge in [0.1, 0.15) is 0 Å². The summed E-state index contributed by atoms with van der Waals surface area (Å²) in [5.41, 5.74) is 2.07. The van der Waals surface area contributed by atoms with E-state index in [0.717, 1.165) is 37.0 Å². The van der Waals surface area contributed by atoms with E-state index in [1.807, 2.05) is 24.3 Å². The van der Waals surface area contributed by atoms with Crippen molar-refractivity contribution in [2.45, 2.75) is 25.3 Å². The maximum atomic E-state index is 13.6. The molecule has 2 aromatic carbocycles. The van der Waals surface area contributed by atoms with Gasteiger partial charge in [0.15, 0.2) is 17.5 Å². The Hall–Kier alpha value is -2.50. The maximum absolute atomic E-state index is 13.6. The van der Waals surface area contributed by atoms with Crippen LogP contribution in [0.15, 0.2) is 36.4 Å². The van der Waals surface area contributed by atoms with E-state index in [1.165, 1.54) is 5.56 Å². The van der Waals surface area contributed by atoms with Crippen LogP contribution < -0.4 is 10.6 Å². The summed E-state index contributed by atoms with van der Waals surface area (Å²) in [4.78, 5) is 12.1. The molecule has 1 amide bonds. The summed E-state index contributed by atoms with van der Waals surface area (Å²) < 4.78 is 39.6. The SMILES string of the molecule is O=C(CNc1ccc(F)c(F)c1F)N[C@H]1CCCc2ccccc21. The van der Waals surface area contributed by atoms with Crippen molar-refractivity contribution in [1.29, 1.82) is 0 Å². The van der Waals surface area contributed by atoms with Gasteiger partial charge in [-0.1, -0.05) is 24.3 Å². The Labute approximate surface area is 137 Å². The van der Waals surface area contributed by atoms with Gasteiger partial charge in [-0.15, -0.1) is 0 Å². The normalized spacial score (nSPS) is 16.4. The summed E-state index contributed by atoms with van der Waals surface area (Å²) in [6.07, 6.45) is 2.80. The van der Waals surface area contributed by atoms with Crippen LogP contribution in [0.1, 0.15) is 30.0 Å². The number of benzene rings is 2. The van der Waals surface area contributed by atoms with Gasteiger partial charge in [-0.3, -0.25) is 4.79 Å². The number of carbonyl (C=O) groups excluding carboxylic acids is 1. The highest BCUT2D eigenvalue weighted by Gasteiger charge is 2.21. The lowest BCUT2D eigenvalue weighted by molar-refractivity contribution is -0.120. The fourth-order valence-electron chi connectivity index (χ4n) is 2.99. The first-order valence-corrected chi connectivity index (χ1v) is 7.81. The number of amides is 1. The van der Waals surface area contributed by atoms with Crippen LogP contribution in [0, 0.1) is 17.5 Å². The summed E-state index contributed by atoms with van der Waals surface area (Å²) in [5, 5.41) is 5.40. The van der Waals surface area contributed by atoms with Crippen molar-refractivity contribution in [3.05, 3.63) is 65.0 Å². The minimum atomic E-state index is -1.55. The third-order valence-corrected chi connectivity index (χ3v) is 4.18. The first-order chi connectivity index (χ1) is 11.6. The second kappa shape index (κ2) is 6.95. The highest BCUT2D eigenvalue weighted by Crippen LogP contribution is 2.29. The molecule has 0 bridgehead atoms. The van der Waals surface area contributed by atoms with Crippen LogP contribution in [0.2, 0.25) is 0 Å². The topological polar surface area (TPSA) is 41.1 Å². The Morgan fingerprint density at radius 1 is 1.08 bits per heavy atom. The van der Waals surface area contributed by atoms with Crippen LogP contribution in [-0.4, -0.2) is 12.5 Å². The van der Waals surface area contributed by atoms with Crippen molar-refractivity contribution in [1.82, 2.24) is 5.32 Å². The molecule has 126 valence electrons. The summed E-state index contributed by atoms with van der Waals surface area (Å²) in [6.45, 7) is -0.222. The number of nitrogens with one attached hydrogen (secondary N) is 2. The number of carbonyl (C=O) groups is 1. The summed E-state index contributed by atoms with van der Waals surface area (Å²) in [7, 11) is 0. The van der Waals surface area contributed by atoms with E-state index >= 15 is 0 Å². The average Bonchev–Trinajstić information content (AvgIpc) is 2.59. The van der Waals surface area contributed by atoms with Crippen molar-refractivity contribution in [3.63, 3.8) is 0 Å². The Bertz CT molecular complexity index is 764. The lowest BCUT2D eigenvalue weighted by Gasteiger charge is -2.26. The minimum Gasteiger partial charge on any atom is -0.374 e. The number of hydrogen-bond donors (Lipinski definition) is 2. The van der Waals surface area contributed by atoms with Gasteiger partial charge in [0.25, 0.3) is 0 Å².